The van der Waals surface area contributed by atoms with E-state index < -0.39 is 0 Å². The number of aryl methyl sites for hydroxylation is 3. The molecule has 5 heteroatoms. The molecule has 3 aromatic carbocycles. The Morgan fingerprint density at radius 2 is 1.55 bits per heavy atom. The van der Waals surface area contributed by atoms with Crippen LogP contribution in [0, 0.1) is 13.8 Å². The zero-order chi connectivity index (χ0) is 22.2. The van der Waals surface area contributed by atoms with Crippen molar-refractivity contribution in [3.63, 3.8) is 0 Å². The summed E-state index contributed by atoms with van der Waals surface area (Å²) in [7, 11) is 1.60. The van der Waals surface area contributed by atoms with Gasteiger partial charge in [-0.3, -0.25) is 4.79 Å². The second-order valence-electron chi connectivity index (χ2n) is 7.53. The first-order valence-corrected chi connectivity index (χ1v) is 10.5. The van der Waals surface area contributed by atoms with E-state index in [2.05, 4.69) is 41.8 Å². The van der Waals surface area contributed by atoms with Gasteiger partial charge in [-0.05, 0) is 78.9 Å². The molecule has 3 rings (SSSR count). The third-order valence-electron chi connectivity index (χ3n) is 5.24. The zero-order valence-corrected chi connectivity index (χ0v) is 18.6. The van der Waals surface area contributed by atoms with E-state index in [-0.39, 0.29) is 12.5 Å². The number of ether oxygens (including phenoxy) is 2. The standard InChI is InChI=1S/C26H30N2O3/c1-5-20-7-11-22(12-8-20)27-16-21-9-13-24(25(15-21)30-4)31-17-26(29)28-23-10-6-18(2)19(3)14-23/h6-15,27H,5,16-17H2,1-4H3,(H,28,29). The zero-order valence-electron chi connectivity index (χ0n) is 18.6. The van der Waals surface area contributed by atoms with E-state index in [0.717, 1.165) is 28.9 Å². The lowest BCUT2D eigenvalue weighted by molar-refractivity contribution is -0.118. The molecule has 1 amide bonds. The number of rotatable bonds is 9. The molecular weight excluding hydrogens is 388 g/mol. The van der Waals surface area contributed by atoms with Gasteiger partial charge >= 0.3 is 0 Å². The molecule has 0 fully saturated rings. The molecule has 0 radical (unpaired) electrons. The normalized spacial score (nSPS) is 10.5. The first kappa shape index (κ1) is 22.2. The predicted octanol–water partition coefficient (Wildman–Crippen LogP) is 5.50. The van der Waals surface area contributed by atoms with Crippen molar-refractivity contribution in [2.24, 2.45) is 0 Å². The van der Waals surface area contributed by atoms with Crippen molar-refractivity contribution in [3.05, 3.63) is 82.9 Å². The van der Waals surface area contributed by atoms with E-state index in [1.54, 1.807) is 7.11 Å². The van der Waals surface area contributed by atoms with Gasteiger partial charge in [0.25, 0.3) is 5.91 Å². The van der Waals surface area contributed by atoms with Crippen LogP contribution in [0.15, 0.2) is 60.7 Å². The Morgan fingerprint density at radius 1 is 0.839 bits per heavy atom. The molecule has 0 spiro atoms. The average Bonchev–Trinajstić information content (AvgIpc) is 2.79. The van der Waals surface area contributed by atoms with Crippen LogP contribution in [0.1, 0.15) is 29.2 Å². The van der Waals surface area contributed by atoms with E-state index in [9.17, 15) is 4.79 Å². The molecule has 2 N–H and O–H groups in total. The van der Waals surface area contributed by atoms with E-state index in [1.807, 2.05) is 50.2 Å². The highest BCUT2D eigenvalue weighted by Gasteiger charge is 2.10. The fourth-order valence-electron chi connectivity index (χ4n) is 3.16. The van der Waals surface area contributed by atoms with E-state index in [1.165, 1.54) is 11.1 Å². The van der Waals surface area contributed by atoms with Gasteiger partial charge in [0.1, 0.15) is 0 Å². The van der Waals surface area contributed by atoms with Crippen molar-refractivity contribution in [2.45, 2.75) is 33.7 Å². The van der Waals surface area contributed by atoms with Gasteiger partial charge in [0.05, 0.1) is 7.11 Å². The number of hydrogen-bond donors (Lipinski definition) is 2. The van der Waals surface area contributed by atoms with Crippen LogP contribution in [0.4, 0.5) is 11.4 Å². The van der Waals surface area contributed by atoms with Gasteiger partial charge in [-0.1, -0.05) is 31.2 Å². The summed E-state index contributed by atoms with van der Waals surface area (Å²) in [5.41, 5.74) is 6.52. The van der Waals surface area contributed by atoms with E-state index in [4.69, 9.17) is 9.47 Å². The SMILES string of the molecule is CCc1ccc(NCc2ccc(OCC(=O)Nc3ccc(C)c(C)c3)c(OC)c2)cc1. The second-order valence-corrected chi connectivity index (χ2v) is 7.53. The van der Waals surface area contributed by atoms with Crippen LogP contribution in [0.5, 0.6) is 11.5 Å². The van der Waals surface area contributed by atoms with Crippen LogP contribution in [0.3, 0.4) is 0 Å². The molecule has 0 saturated heterocycles. The summed E-state index contributed by atoms with van der Waals surface area (Å²) in [4.78, 5) is 12.3. The van der Waals surface area contributed by atoms with Crippen molar-refractivity contribution in [2.75, 3.05) is 24.4 Å². The Kier molecular flexibility index (Phi) is 7.55. The highest BCUT2D eigenvalue weighted by atomic mass is 16.5. The van der Waals surface area contributed by atoms with Gasteiger partial charge in [0.2, 0.25) is 0 Å². The molecule has 0 saturated carbocycles. The summed E-state index contributed by atoms with van der Waals surface area (Å²) in [6.45, 7) is 6.77. The van der Waals surface area contributed by atoms with Gasteiger partial charge in [-0.15, -0.1) is 0 Å². The summed E-state index contributed by atoms with van der Waals surface area (Å²) >= 11 is 0. The summed E-state index contributed by atoms with van der Waals surface area (Å²) in [6.07, 6.45) is 1.03. The molecule has 0 atom stereocenters. The van der Waals surface area contributed by atoms with Gasteiger partial charge in [0, 0.05) is 17.9 Å². The molecule has 0 heterocycles. The predicted molar refractivity (Wildman–Crippen MR) is 126 cm³/mol. The van der Waals surface area contributed by atoms with Crippen LogP contribution >= 0.6 is 0 Å². The molecular formula is C26H30N2O3. The van der Waals surface area contributed by atoms with Crippen molar-refractivity contribution in [3.8, 4) is 11.5 Å². The van der Waals surface area contributed by atoms with Gasteiger partial charge in [-0.25, -0.2) is 0 Å². The number of methoxy groups -OCH3 is 1. The Hall–Kier alpha value is -3.47. The fourth-order valence-corrected chi connectivity index (χ4v) is 3.16. The Labute approximate surface area is 184 Å². The number of nitrogens with one attached hydrogen (secondary N) is 2. The van der Waals surface area contributed by atoms with Gasteiger partial charge in [-0.2, -0.15) is 0 Å². The third kappa shape index (κ3) is 6.25. The smallest absolute Gasteiger partial charge is 0.262 e. The minimum Gasteiger partial charge on any atom is -0.493 e. The van der Waals surface area contributed by atoms with Crippen LogP contribution in [-0.2, 0) is 17.8 Å². The monoisotopic (exact) mass is 418 g/mol. The van der Waals surface area contributed by atoms with Crippen LogP contribution in [0.25, 0.3) is 0 Å². The van der Waals surface area contributed by atoms with Gasteiger partial charge < -0.3 is 20.1 Å². The summed E-state index contributed by atoms with van der Waals surface area (Å²) < 4.78 is 11.2. The van der Waals surface area contributed by atoms with Crippen LogP contribution in [-0.4, -0.2) is 19.6 Å². The summed E-state index contributed by atoms with van der Waals surface area (Å²) in [5.74, 6) is 0.917. The van der Waals surface area contributed by atoms with Crippen LogP contribution in [0.2, 0.25) is 0 Å². The van der Waals surface area contributed by atoms with Crippen molar-refractivity contribution in [1.82, 2.24) is 0 Å². The molecule has 0 unspecified atom stereocenters. The van der Waals surface area contributed by atoms with E-state index >= 15 is 0 Å². The quantitative estimate of drug-likeness (QED) is 0.481. The Balaban J connectivity index is 1.56. The lowest BCUT2D eigenvalue weighted by atomic mass is 10.1. The van der Waals surface area contributed by atoms with Crippen molar-refractivity contribution in [1.29, 1.82) is 0 Å². The second kappa shape index (κ2) is 10.5. The minimum atomic E-state index is -0.216. The minimum absolute atomic E-state index is 0.0926. The van der Waals surface area contributed by atoms with Crippen molar-refractivity contribution < 1.29 is 14.3 Å². The topological polar surface area (TPSA) is 59.6 Å². The highest BCUT2D eigenvalue weighted by Crippen LogP contribution is 2.28. The first-order chi connectivity index (χ1) is 15.0. The molecule has 31 heavy (non-hydrogen) atoms. The molecule has 162 valence electrons. The molecule has 5 nitrogen and oxygen atoms in total. The number of hydrogen-bond acceptors (Lipinski definition) is 4. The Morgan fingerprint density at radius 3 is 2.23 bits per heavy atom. The maximum Gasteiger partial charge on any atom is 0.262 e. The number of carbonyl (C=O) groups is 1. The van der Waals surface area contributed by atoms with Gasteiger partial charge in [0.15, 0.2) is 18.1 Å². The highest BCUT2D eigenvalue weighted by molar-refractivity contribution is 5.92. The van der Waals surface area contributed by atoms with Crippen LogP contribution < -0.4 is 20.1 Å². The largest absolute Gasteiger partial charge is 0.493 e. The lowest BCUT2D eigenvalue weighted by Gasteiger charge is -2.13. The first-order valence-electron chi connectivity index (χ1n) is 10.5. The average molecular weight is 419 g/mol. The number of amides is 1. The molecule has 3 aromatic rings. The molecule has 0 bridgehead atoms. The summed E-state index contributed by atoms with van der Waals surface area (Å²) in [6, 6.07) is 20.0. The van der Waals surface area contributed by atoms with Crippen molar-refractivity contribution >= 4 is 17.3 Å². The number of carbonyl (C=O) groups excluding carboxylic acids is 1. The fraction of sp³-hybridized carbons (Fsp3) is 0.269. The maximum atomic E-state index is 12.3. The Bertz CT molecular complexity index is 1030. The molecule has 0 aliphatic carbocycles. The molecule has 0 aliphatic heterocycles. The van der Waals surface area contributed by atoms with E-state index in [0.29, 0.717) is 18.0 Å². The number of benzene rings is 3. The third-order valence-corrected chi connectivity index (χ3v) is 5.24. The lowest BCUT2D eigenvalue weighted by Crippen LogP contribution is -2.20. The molecule has 0 aromatic heterocycles. The maximum absolute atomic E-state index is 12.3. The number of anilines is 2. The summed E-state index contributed by atoms with van der Waals surface area (Å²) in [5, 5.41) is 6.27. The molecule has 0 aliphatic rings.